The van der Waals surface area contributed by atoms with E-state index in [2.05, 4.69) is 0 Å². The predicted octanol–water partition coefficient (Wildman–Crippen LogP) is 4.20. The van der Waals surface area contributed by atoms with Crippen molar-refractivity contribution in [1.82, 2.24) is 0 Å². The highest BCUT2D eigenvalue weighted by Gasteiger charge is 2.40. The molecule has 118 valence electrons. The summed E-state index contributed by atoms with van der Waals surface area (Å²) in [6.45, 7) is 0. The van der Waals surface area contributed by atoms with Crippen molar-refractivity contribution in [2.24, 2.45) is 5.73 Å². The molecule has 0 fully saturated rings. The number of hydrogen-bond donors (Lipinski definition) is 1. The molecule has 0 aliphatic carbocycles. The van der Waals surface area contributed by atoms with Crippen molar-refractivity contribution in [2.45, 2.75) is 24.8 Å². The average molecular weight is 337 g/mol. The summed E-state index contributed by atoms with van der Waals surface area (Å²) in [6, 6.07) is -0.513. The maximum Gasteiger partial charge on any atom is 0.416 e. The quantitative estimate of drug-likeness (QED) is 0.823. The van der Waals surface area contributed by atoms with Gasteiger partial charge in [-0.05, 0) is 12.1 Å². The van der Waals surface area contributed by atoms with Crippen LogP contribution in [0, 0.1) is 17.1 Å². The number of rotatable bonds is 2. The number of hydrogen-bond acceptors (Lipinski definition) is 2. The minimum Gasteiger partial charge on any atom is -0.323 e. The number of nitrogens with zero attached hydrogens (tertiary/aromatic N) is 1. The van der Waals surface area contributed by atoms with Gasteiger partial charge in [-0.3, -0.25) is 0 Å². The Hall–Kier alpha value is -1.53. The Bertz CT molecular complexity index is 545. The van der Waals surface area contributed by atoms with Gasteiger partial charge in [0.1, 0.15) is 5.82 Å². The fourth-order valence-electron chi connectivity index (χ4n) is 1.59. The molecule has 2 nitrogen and oxygen atoms in total. The molecule has 0 aliphatic rings. The molecule has 0 heterocycles. The van der Waals surface area contributed by atoms with Crippen LogP contribution in [0.5, 0.6) is 0 Å². The summed E-state index contributed by atoms with van der Waals surface area (Å²) in [6.07, 6.45) is -11.0. The van der Waals surface area contributed by atoms with E-state index in [4.69, 9.17) is 11.0 Å². The zero-order valence-corrected chi connectivity index (χ0v) is 10.8. The molecule has 0 aliphatic heterocycles. The van der Waals surface area contributed by atoms with Gasteiger partial charge in [-0.1, -0.05) is 0 Å². The molecule has 0 spiro atoms. The molecule has 1 atom stereocenters. The van der Waals surface area contributed by atoms with Crippen LogP contribution in [-0.4, -0.2) is 0 Å². The van der Waals surface area contributed by atoms with Gasteiger partial charge >= 0.3 is 12.4 Å². The monoisotopic (exact) mass is 336 g/mol. The van der Waals surface area contributed by atoms with Crippen molar-refractivity contribution in [3.8, 4) is 6.07 Å². The third kappa shape index (κ3) is 4.47. The Labute approximate surface area is 120 Å². The fourth-order valence-corrected chi connectivity index (χ4v) is 1.59. The largest absolute Gasteiger partial charge is 0.416 e. The number of alkyl halides is 6. The van der Waals surface area contributed by atoms with E-state index in [0.29, 0.717) is 0 Å². The highest BCUT2D eigenvalue weighted by Crippen LogP contribution is 2.40. The van der Waals surface area contributed by atoms with Gasteiger partial charge in [0.2, 0.25) is 0 Å². The Balaban J connectivity index is 0.00000400. The SMILES string of the molecule is Cl.N#CC[C@H](N)c1c(F)cc(C(F)(F)F)cc1C(F)(F)F. The van der Waals surface area contributed by atoms with E-state index in [1.54, 1.807) is 0 Å². The lowest BCUT2D eigenvalue weighted by molar-refractivity contribution is -0.144. The molecule has 0 unspecified atom stereocenters. The molecule has 2 N–H and O–H groups in total. The Kier molecular flexibility index (Phi) is 6.02. The topological polar surface area (TPSA) is 49.8 Å². The minimum atomic E-state index is -5.22. The molecule has 0 amide bonds. The van der Waals surface area contributed by atoms with E-state index >= 15 is 0 Å². The Morgan fingerprint density at radius 3 is 2.00 bits per heavy atom. The van der Waals surface area contributed by atoms with Crippen LogP contribution < -0.4 is 5.73 Å². The van der Waals surface area contributed by atoms with E-state index in [-0.39, 0.29) is 24.5 Å². The average Bonchev–Trinajstić information content (AvgIpc) is 2.25. The molecule has 0 radical (unpaired) electrons. The van der Waals surface area contributed by atoms with Crippen molar-refractivity contribution < 1.29 is 30.7 Å². The molecular weight excluding hydrogens is 329 g/mol. The van der Waals surface area contributed by atoms with Crippen LogP contribution in [0.4, 0.5) is 30.7 Å². The number of nitriles is 1. The Morgan fingerprint density at radius 1 is 1.10 bits per heavy atom. The molecular formula is C11H8ClF7N2. The Morgan fingerprint density at radius 2 is 1.62 bits per heavy atom. The van der Waals surface area contributed by atoms with E-state index in [0.717, 1.165) is 0 Å². The normalized spacial score (nSPS) is 13.3. The summed E-state index contributed by atoms with van der Waals surface area (Å²) in [5.74, 6) is -1.74. The van der Waals surface area contributed by atoms with E-state index in [9.17, 15) is 30.7 Å². The summed E-state index contributed by atoms with van der Waals surface area (Å²) in [4.78, 5) is 0. The van der Waals surface area contributed by atoms with Crippen LogP contribution in [0.15, 0.2) is 12.1 Å². The predicted molar refractivity (Wildman–Crippen MR) is 60.8 cm³/mol. The van der Waals surface area contributed by atoms with Gasteiger partial charge in [-0.15, -0.1) is 12.4 Å². The van der Waals surface area contributed by atoms with Crippen LogP contribution in [0.3, 0.4) is 0 Å². The molecule has 0 saturated carbocycles. The summed E-state index contributed by atoms with van der Waals surface area (Å²) in [7, 11) is 0. The maximum absolute atomic E-state index is 13.6. The molecule has 1 rings (SSSR count). The molecule has 21 heavy (non-hydrogen) atoms. The highest BCUT2D eigenvalue weighted by atomic mass is 35.5. The third-order valence-electron chi connectivity index (χ3n) is 2.44. The summed E-state index contributed by atoms with van der Waals surface area (Å²) < 4.78 is 88.9. The first kappa shape index (κ1) is 19.5. The van der Waals surface area contributed by atoms with Crippen molar-refractivity contribution in [3.63, 3.8) is 0 Å². The summed E-state index contributed by atoms with van der Waals surface area (Å²) in [5, 5.41) is 8.35. The standard InChI is InChI=1S/C11H7F7N2.ClH/c12-7-4-5(10(13,14)15)3-6(11(16,17)18)9(7)8(20)1-2-19;/h3-4,8H,1,20H2;1H/t8-;/m0./s1. The van der Waals surface area contributed by atoms with Gasteiger partial charge < -0.3 is 5.73 Å². The van der Waals surface area contributed by atoms with Crippen molar-refractivity contribution in [3.05, 3.63) is 34.6 Å². The lowest BCUT2D eigenvalue weighted by Gasteiger charge is -2.19. The third-order valence-corrected chi connectivity index (χ3v) is 2.44. The lowest BCUT2D eigenvalue weighted by atomic mass is 9.95. The second kappa shape index (κ2) is 6.49. The fraction of sp³-hybridized carbons (Fsp3) is 0.364. The first-order chi connectivity index (χ1) is 8.98. The van der Waals surface area contributed by atoms with Gasteiger partial charge in [-0.25, -0.2) is 4.39 Å². The van der Waals surface area contributed by atoms with Crippen LogP contribution in [0.2, 0.25) is 0 Å². The number of benzene rings is 1. The van der Waals surface area contributed by atoms with Crippen LogP contribution >= 0.6 is 12.4 Å². The molecule has 0 aromatic heterocycles. The first-order valence-electron chi connectivity index (χ1n) is 5.08. The second-order valence-corrected chi connectivity index (χ2v) is 3.88. The maximum atomic E-state index is 13.6. The minimum absolute atomic E-state index is 0. The van der Waals surface area contributed by atoms with Gasteiger partial charge in [0.25, 0.3) is 0 Å². The van der Waals surface area contributed by atoms with Gasteiger partial charge in [0, 0.05) is 11.6 Å². The van der Waals surface area contributed by atoms with Crippen molar-refractivity contribution in [1.29, 1.82) is 5.26 Å². The summed E-state index contributed by atoms with van der Waals surface area (Å²) in [5.41, 5.74) is 0.478. The van der Waals surface area contributed by atoms with Gasteiger partial charge in [0.05, 0.1) is 23.6 Å². The van der Waals surface area contributed by atoms with Crippen LogP contribution in [-0.2, 0) is 12.4 Å². The van der Waals surface area contributed by atoms with E-state index < -0.39 is 47.3 Å². The molecule has 1 aromatic carbocycles. The first-order valence-corrected chi connectivity index (χ1v) is 5.08. The van der Waals surface area contributed by atoms with Crippen LogP contribution in [0.1, 0.15) is 29.2 Å². The molecule has 10 heteroatoms. The van der Waals surface area contributed by atoms with E-state index in [1.165, 1.54) is 6.07 Å². The van der Waals surface area contributed by atoms with Gasteiger partial charge in [-0.2, -0.15) is 31.6 Å². The van der Waals surface area contributed by atoms with E-state index in [1.807, 2.05) is 0 Å². The van der Waals surface area contributed by atoms with Crippen LogP contribution in [0.25, 0.3) is 0 Å². The molecule has 0 saturated heterocycles. The smallest absolute Gasteiger partial charge is 0.323 e. The van der Waals surface area contributed by atoms with Crippen molar-refractivity contribution in [2.75, 3.05) is 0 Å². The molecule has 1 aromatic rings. The number of halogens is 8. The highest BCUT2D eigenvalue weighted by molar-refractivity contribution is 5.85. The molecule has 0 bridgehead atoms. The number of nitrogens with two attached hydrogens (primary N) is 1. The van der Waals surface area contributed by atoms with Crippen molar-refractivity contribution >= 4 is 12.4 Å². The van der Waals surface area contributed by atoms with Gasteiger partial charge in [0.15, 0.2) is 0 Å². The zero-order chi connectivity index (χ0) is 15.7. The zero-order valence-electron chi connectivity index (χ0n) is 10.0. The lowest BCUT2D eigenvalue weighted by Crippen LogP contribution is -2.21. The second-order valence-electron chi connectivity index (χ2n) is 3.88. The summed E-state index contributed by atoms with van der Waals surface area (Å²) >= 11 is 0.